The zero-order chi connectivity index (χ0) is 17.1. The van der Waals surface area contributed by atoms with Gasteiger partial charge in [-0.25, -0.2) is 4.79 Å². The number of nitrogens with zero attached hydrogens (tertiary/aromatic N) is 3. The number of aromatic nitrogens is 2. The highest BCUT2D eigenvalue weighted by atomic mass is 16.6. The average Bonchev–Trinajstić information content (AvgIpc) is 2.80. The quantitative estimate of drug-likeness (QED) is 0.455. The van der Waals surface area contributed by atoms with Gasteiger partial charge in [-0.3, -0.25) is 9.36 Å². The summed E-state index contributed by atoms with van der Waals surface area (Å²) in [6, 6.07) is 1.42. The fraction of sp³-hybridized carbons (Fsp3) is 0.615. The van der Waals surface area contributed by atoms with Crippen molar-refractivity contribution in [2.75, 3.05) is 24.6 Å². The number of carboxylic acid groups (broad SMARTS) is 1. The van der Waals surface area contributed by atoms with Crippen LogP contribution in [0.2, 0.25) is 0 Å². The molecule has 1 aliphatic heterocycles. The third kappa shape index (κ3) is 3.50. The topological polar surface area (TPSA) is 145 Å². The summed E-state index contributed by atoms with van der Waals surface area (Å²) >= 11 is 0. The van der Waals surface area contributed by atoms with Gasteiger partial charge < -0.3 is 30.1 Å². The second-order valence-electron chi connectivity index (χ2n) is 5.11. The van der Waals surface area contributed by atoms with Crippen LogP contribution in [-0.2, 0) is 9.53 Å². The van der Waals surface area contributed by atoms with E-state index in [1.54, 1.807) is 6.92 Å². The van der Waals surface area contributed by atoms with Crippen LogP contribution >= 0.6 is 0 Å². The van der Waals surface area contributed by atoms with E-state index in [2.05, 4.69) is 4.98 Å². The van der Waals surface area contributed by atoms with Crippen molar-refractivity contribution in [3.05, 3.63) is 22.7 Å². The van der Waals surface area contributed by atoms with Gasteiger partial charge in [0.25, 0.3) is 0 Å². The highest BCUT2D eigenvalue weighted by molar-refractivity contribution is 5.73. The van der Waals surface area contributed by atoms with Crippen LogP contribution in [0.15, 0.2) is 17.1 Å². The largest absolute Gasteiger partial charge is 0.480 e. The molecule has 1 fully saturated rings. The number of carbonyl (C=O) groups is 1. The third-order valence-electron chi connectivity index (χ3n) is 3.64. The van der Waals surface area contributed by atoms with Crippen molar-refractivity contribution in [1.29, 1.82) is 0 Å². The zero-order valence-electron chi connectivity index (χ0n) is 12.4. The molecule has 0 spiro atoms. The van der Waals surface area contributed by atoms with Crippen LogP contribution in [0.25, 0.3) is 0 Å². The smallest absolute Gasteiger partial charge is 0.351 e. The SMILES string of the molecule is CCN(CC(=O)O)c1ccn([C@@H]2O[C@H](CO)[C@@H](O)[C@H]2O)c(=O)n1. The highest BCUT2D eigenvalue weighted by Crippen LogP contribution is 2.28. The molecule has 1 aromatic heterocycles. The van der Waals surface area contributed by atoms with Crippen LogP contribution < -0.4 is 10.6 Å². The van der Waals surface area contributed by atoms with E-state index >= 15 is 0 Å². The molecule has 0 aromatic carbocycles. The highest BCUT2D eigenvalue weighted by Gasteiger charge is 2.43. The molecule has 0 aliphatic carbocycles. The first kappa shape index (κ1) is 17.3. The van der Waals surface area contributed by atoms with Crippen LogP contribution in [0.3, 0.4) is 0 Å². The van der Waals surface area contributed by atoms with Gasteiger partial charge in [0.15, 0.2) is 6.23 Å². The third-order valence-corrected chi connectivity index (χ3v) is 3.64. The van der Waals surface area contributed by atoms with Gasteiger partial charge in [0.2, 0.25) is 0 Å². The molecule has 2 heterocycles. The van der Waals surface area contributed by atoms with Crippen LogP contribution in [0.4, 0.5) is 5.82 Å². The van der Waals surface area contributed by atoms with Crippen molar-refractivity contribution < 1.29 is 30.0 Å². The Bertz CT molecular complexity index is 620. The van der Waals surface area contributed by atoms with Gasteiger partial charge in [-0.1, -0.05) is 0 Å². The number of aliphatic hydroxyl groups is 3. The Labute approximate surface area is 131 Å². The summed E-state index contributed by atoms with van der Waals surface area (Å²) in [5.74, 6) is -0.871. The molecule has 10 heteroatoms. The van der Waals surface area contributed by atoms with E-state index in [1.807, 2.05) is 0 Å². The Hall–Kier alpha value is -2.01. The second kappa shape index (κ2) is 7.04. The minimum Gasteiger partial charge on any atom is -0.480 e. The van der Waals surface area contributed by atoms with Crippen molar-refractivity contribution in [2.24, 2.45) is 0 Å². The summed E-state index contributed by atoms with van der Waals surface area (Å²) in [5, 5.41) is 37.5. The maximum absolute atomic E-state index is 12.1. The summed E-state index contributed by atoms with van der Waals surface area (Å²) in [6.45, 7) is 1.26. The Morgan fingerprint density at radius 2 is 2.13 bits per heavy atom. The van der Waals surface area contributed by atoms with Crippen molar-refractivity contribution in [1.82, 2.24) is 9.55 Å². The van der Waals surface area contributed by atoms with E-state index in [0.29, 0.717) is 6.54 Å². The fourth-order valence-electron chi connectivity index (χ4n) is 2.40. The minimum atomic E-state index is -1.39. The fourth-order valence-corrected chi connectivity index (χ4v) is 2.40. The molecule has 0 unspecified atom stereocenters. The maximum Gasteiger partial charge on any atom is 0.351 e. The van der Waals surface area contributed by atoms with E-state index in [-0.39, 0.29) is 12.4 Å². The van der Waals surface area contributed by atoms with Crippen molar-refractivity contribution in [3.8, 4) is 0 Å². The molecule has 1 aromatic rings. The van der Waals surface area contributed by atoms with E-state index in [0.717, 1.165) is 4.57 Å². The lowest BCUT2D eigenvalue weighted by molar-refractivity contribution is -0.135. The summed E-state index contributed by atoms with van der Waals surface area (Å²) in [7, 11) is 0. The molecule has 23 heavy (non-hydrogen) atoms. The normalized spacial score (nSPS) is 27.1. The first-order chi connectivity index (χ1) is 10.9. The summed E-state index contributed by atoms with van der Waals surface area (Å²) in [6.07, 6.45) is -3.59. The molecule has 4 atom stereocenters. The monoisotopic (exact) mass is 329 g/mol. The standard InChI is InChI=1S/C13H19N3O7/c1-2-15(5-9(18)19)8-3-4-16(13(22)14-8)12-11(21)10(20)7(6-17)23-12/h3-4,7,10-12,17,20-21H,2,5-6H2,1H3,(H,18,19)/t7-,10-,11-,12-/m1/s1. The Kier molecular flexibility index (Phi) is 5.31. The van der Waals surface area contributed by atoms with E-state index in [1.165, 1.54) is 17.2 Å². The summed E-state index contributed by atoms with van der Waals surface area (Å²) in [5.41, 5.74) is -0.763. The number of carboxylic acids is 1. The van der Waals surface area contributed by atoms with Gasteiger partial charge in [0.05, 0.1) is 6.61 Å². The van der Waals surface area contributed by atoms with E-state index in [9.17, 15) is 19.8 Å². The minimum absolute atomic E-state index is 0.183. The molecule has 1 saturated heterocycles. The molecule has 0 bridgehead atoms. The van der Waals surface area contributed by atoms with Gasteiger partial charge in [0, 0.05) is 12.7 Å². The number of rotatable bonds is 6. The molecule has 1 aliphatic rings. The van der Waals surface area contributed by atoms with Crippen LogP contribution in [-0.4, -0.2) is 74.0 Å². The number of anilines is 1. The molecule has 4 N–H and O–H groups in total. The van der Waals surface area contributed by atoms with Gasteiger partial charge >= 0.3 is 11.7 Å². The van der Waals surface area contributed by atoms with Crippen LogP contribution in [0.5, 0.6) is 0 Å². The first-order valence-electron chi connectivity index (χ1n) is 7.07. The first-order valence-corrected chi connectivity index (χ1v) is 7.07. The average molecular weight is 329 g/mol. The predicted octanol–water partition coefficient (Wildman–Crippen LogP) is -2.23. The molecule has 0 amide bonds. The Morgan fingerprint density at radius 3 is 2.61 bits per heavy atom. The molecule has 0 radical (unpaired) electrons. The summed E-state index contributed by atoms with van der Waals surface area (Å²) < 4.78 is 6.25. The van der Waals surface area contributed by atoms with E-state index < -0.39 is 42.8 Å². The number of ether oxygens (including phenoxy) is 1. The number of aliphatic carboxylic acids is 1. The number of hydrogen-bond acceptors (Lipinski definition) is 8. The molecular weight excluding hydrogens is 310 g/mol. The lowest BCUT2D eigenvalue weighted by Crippen LogP contribution is -2.37. The number of aliphatic hydroxyl groups excluding tert-OH is 3. The lowest BCUT2D eigenvalue weighted by atomic mass is 10.1. The molecule has 0 saturated carbocycles. The lowest BCUT2D eigenvalue weighted by Gasteiger charge is -2.21. The predicted molar refractivity (Wildman–Crippen MR) is 77.0 cm³/mol. The maximum atomic E-state index is 12.1. The van der Waals surface area contributed by atoms with Crippen LogP contribution in [0, 0.1) is 0 Å². The van der Waals surface area contributed by atoms with Crippen molar-refractivity contribution in [3.63, 3.8) is 0 Å². The van der Waals surface area contributed by atoms with Crippen LogP contribution in [0.1, 0.15) is 13.2 Å². The summed E-state index contributed by atoms with van der Waals surface area (Å²) in [4.78, 5) is 28.1. The second-order valence-corrected chi connectivity index (χ2v) is 5.11. The Morgan fingerprint density at radius 1 is 1.43 bits per heavy atom. The molecular formula is C13H19N3O7. The van der Waals surface area contributed by atoms with Crippen molar-refractivity contribution in [2.45, 2.75) is 31.5 Å². The molecule has 10 nitrogen and oxygen atoms in total. The zero-order valence-corrected chi connectivity index (χ0v) is 12.4. The Balaban J connectivity index is 2.26. The van der Waals surface area contributed by atoms with Gasteiger partial charge in [-0.15, -0.1) is 0 Å². The van der Waals surface area contributed by atoms with Crippen molar-refractivity contribution >= 4 is 11.8 Å². The number of likely N-dealkylation sites (N-methyl/N-ethyl adjacent to an activating group) is 1. The van der Waals surface area contributed by atoms with E-state index in [4.69, 9.17) is 14.9 Å². The number of hydrogen-bond donors (Lipinski definition) is 4. The van der Waals surface area contributed by atoms with Gasteiger partial charge in [-0.2, -0.15) is 4.98 Å². The van der Waals surface area contributed by atoms with Gasteiger partial charge in [-0.05, 0) is 13.0 Å². The molecule has 128 valence electrons. The molecule has 2 rings (SSSR count). The van der Waals surface area contributed by atoms with Gasteiger partial charge in [0.1, 0.15) is 30.7 Å².